The fourth-order valence-corrected chi connectivity index (χ4v) is 0.965. The van der Waals surface area contributed by atoms with Crippen molar-refractivity contribution in [3.8, 4) is 0 Å². The first-order chi connectivity index (χ1) is 4.47. The lowest BCUT2D eigenvalue weighted by molar-refractivity contribution is 1.31. The van der Waals surface area contributed by atoms with Crippen LogP contribution in [0.3, 0.4) is 0 Å². The van der Waals surface area contributed by atoms with Crippen LogP contribution in [0.15, 0.2) is 18.2 Å². The molecule has 0 saturated carbocycles. The standard InChI is InChI=1S/C7H7N2/c1-2-4-7-6(3-1)8-5-9-7/h1,3-4,8-9H,5H2. The van der Waals surface area contributed by atoms with E-state index in [1.807, 2.05) is 18.2 Å². The molecular weight excluding hydrogens is 112 g/mol. The van der Waals surface area contributed by atoms with Crippen LogP contribution >= 0.6 is 0 Å². The van der Waals surface area contributed by atoms with Crippen molar-refractivity contribution >= 4 is 11.4 Å². The molecule has 1 aliphatic rings. The van der Waals surface area contributed by atoms with Gasteiger partial charge in [0.1, 0.15) is 0 Å². The molecule has 9 heavy (non-hydrogen) atoms. The van der Waals surface area contributed by atoms with E-state index in [2.05, 4.69) is 16.7 Å². The maximum Gasteiger partial charge on any atom is 0.0850 e. The zero-order valence-electron chi connectivity index (χ0n) is 4.94. The molecule has 1 radical (unpaired) electrons. The normalized spacial score (nSPS) is 13.8. The van der Waals surface area contributed by atoms with Gasteiger partial charge in [0.25, 0.3) is 0 Å². The molecule has 0 aliphatic carbocycles. The van der Waals surface area contributed by atoms with Crippen LogP contribution in [0.1, 0.15) is 0 Å². The van der Waals surface area contributed by atoms with Crippen molar-refractivity contribution in [1.82, 2.24) is 0 Å². The van der Waals surface area contributed by atoms with E-state index < -0.39 is 0 Å². The highest BCUT2D eigenvalue weighted by Gasteiger charge is 2.04. The Kier molecular flexibility index (Phi) is 0.859. The molecule has 2 heteroatoms. The monoisotopic (exact) mass is 119 g/mol. The summed E-state index contributed by atoms with van der Waals surface area (Å²) in [5.41, 5.74) is 2.33. The van der Waals surface area contributed by atoms with Crippen molar-refractivity contribution in [2.24, 2.45) is 0 Å². The minimum atomic E-state index is 0.840. The Bertz CT molecular complexity index is 197. The molecule has 2 rings (SSSR count). The first-order valence-corrected chi connectivity index (χ1v) is 2.95. The summed E-state index contributed by atoms with van der Waals surface area (Å²) in [5.74, 6) is 0. The molecule has 0 spiro atoms. The Hall–Kier alpha value is -1.18. The largest absolute Gasteiger partial charge is 0.366 e. The summed E-state index contributed by atoms with van der Waals surface area (Å²) in [6.07, 6.45) is 0. The van der Waals surface area contributed by atoms with E-state index in [1.165, 1.54) is 5.69 Å². The van der Waals surface area contributed by atoms with Crippen LogP contribution < -0.4 is 10.6 Å². The fraction of sp³-hybridized carbons (Fsp3) is 0.143. The zero-order chi connectivity index (χ0) is 6.10. The van der Waals surface area contributed by atoms with E-state index in [9.17, 15) is 0 Å². The van der Waals surface area contributed by atoms with Gasteiger partial charge in [-0.2, -0.15) is 0 Å². The van der Waals surface area contributed by atoms with Crippen molar-refractivity contribution in [1.29, 1.82) is 0 Å². The zero-order valence-corrected chi connectivity index (χ0v) is 4.94. The fourth-order valence-electron chi connectivity index (χ4n) is 0.965. The molecule has 2 N–H and O–H groups in total. The molecule has 2 nitrogen and oxygen atoms in total. The van der Waals surface area contributed by atoms with Crippen molar-refractivity contribution < 1.29 is 0 Å². The van der Waals surface area contributed by atoms with Crippen molar-refractivity contribution in [2.75, 3.05) is 17.3 Å². The van der Waals surface area contributed by atoms with E-state index >= 15 is 0 Å². The predicted octanol–water partition coefficient (Wildman–Crippen LogP) is 1.28. The van der Waals surface area contributed by atoms with E-state index in [0.717, 1.165) is 12.4 Å². The van der Waals surface area contributed by atoms with Crippen molar-refractivity contribution in [3.05, 3.63) is 24.3 Å². The average Bonchev–Trinajstić information content (AvgIpc) is 2.33. The highest BCUT2D eigenvalue weighted by atomic mass is 15.1. The average molecular weight is 119 g/mol. The summed E-state index contributed by atoms with van der Waals surface area (Å²) >= 11 is 0. The van der Waals surface area contributed by atoms with Gasteiger partial charge in [-0.15, -0.1) is 0 Å². The second kappa shape index (κ2) is 1.65. The molecule has 0 unspecified atom stereocenters. The molecule has 0 aromatic heterocycles. The Balaban J connectivity index is 2.54. The number of fused-ring (bicyclic) bond motifs is 1. The Morgan fingerprint density at radius 3 is 3.11 bits per heavy atom. The van der Waals surface area contributed by atoms with Crippen LogP contribution in [-0.2, 0) is 0 Å². The number of nitrogens with one attached hydrogen (secondary N) is 2. The second-order valence-electron chi connectivity index (χ2n) is 2.00. The first kappa shape index (κ1) is 4.68. The van der Waals surface area contributed by atoms with Crippen molar-refractivity contribution in [3.63, 3.8) is 0 Å². The third-order valence-electron chi connectivity index (χ3n) is 1.42. The molecule has 0 atom stereocenters. The maximum atomic E-state index is 3.17. The van der Waals surface area contributed by atoms with Crippen LogP contribution in [0.25, 0.3) is 0 Å². The van der Waals surface area contributed by atoms with Gasteiger partial charge >= 0.3 is 0 Å². The van der Waals surface area contributed by atoms with E-state index in [1.54, 1.807) is 0 Å². The van der Waals surface area contributed by atoms with Gasteiger partial charge in [0.05, 0.1) is 18.0 Å². The minimum Gasteiger partial charge on any atom is -0.366 e. The van der Waals surface area contributed by atoms with Crippen LogP contribution in [0.4, 0.5) is 11.4 Å². The molecule has 1 heterocycles. The van der Waals surface area contributed by atoms with Gasteiger partial charge in [0, 0.05) is 0 Å². The molecule has 0 saturated heterocycles. The SMILES string of the molecule is [c]1ccc2c(c1)NCN2. The molecule has 0 fully saturated rings. The van der Waals surface area contributed by atoms with Crippen LogP contribution in [0.2, 0.25) is 0 Å². The maximum absolute atomic E-state index is 3.17. The third kappa shape index (κ3) is 0.633. The molecular formula is C7H7N2. The van der Waals surface area contributed by atoms with Gasteiger partial charge in [-0.3, -0.25) is 0 Å². The number of rotatable bonds is 0. The molecule has 0 bridgehead atoms. The van der Waals surface area contributed by atoms with Gasteiger partial charge in [-0.25, -0.2) is 0 Å². The highest BCUT2D eigenvalue weighted by molar-refractivity contribution is 5.72. The summed E-state index contributed by atoms with van der Waals surface area (Å²) in [7, 11) is 0. The summed E-state index contributed by atoms with van der Waals surface area (Å²) in [6, 6.07) is 8.84. The van der Waals surface area contributed by atoms with Crippen LogP contribution in [0.5, 0.6) is 0 Å². The Morgan fingerprint density at radius 1 is 1.33 bits per heavy atom. The highest BCUT2D eigenvalue weighted by Crippen LogP contribution is 2.23. The first-order valence-electron chi connectivity index (χ1n) is 2.95. The predicted molar refractivity (Wildman–Crippen MR) is 37.4 cm³/mol. The summed E-state index contributed by atoms with van der Waals surface area (Å²) < 4.78 is 0. The lowest BCUT2D eigenvalue weighted by Crippen LogP contribution is -1.98. The quantitative estimate of drug-likeness (QED) is 0.537. The number of anilines is 2. The molecule has 1 aromatic rings. The topological polar surface area (TPSA) is 24.1 Å². The van der Waals surface area contributed by atoms with Gasteiger partial charge in [-0.05, 0) is 18.2 Å². The second-order valence-corrected chi connectivity index (χ2v) is 2.00. The Morgan fingerprint density at radius 2 is 2.22 bits per heavy atom. The van der Waals surface area contributed by atoms with Crippen molar-refractivity contribution in [2.45, 2.75) is 0 Å². The molecule has 1 aromatic carbocycles. The molecule has 45 valence electrons. The third-order valence-corrected chi connectivity index (χ3v) is 1.42. The lowest BCUT2D eigenvalue weighted by atomic mass is 10.3. The van der Waals surface area contributed by atoms with Gasteiger partial charge in [0.15, 0.2) is 0 Å². The van der Waals surface area contributed by atoms with Gasteiger partial charge < -0.3 is 10.6 Å². The van der Waals surface area contributed by atoms with E-state index in [-0.39, 0.29) is 0 Å². The number of hydrogen-bond acceptors (Lipinski definition) is 2. The number of benzene rings is 1. The van der Waals surface area contributed by atoms with Gasteiger partial charge in [0.2, 0.25) is 0 Å². The minimum absolute atomic E-state index is 0.840. The number of hydrogen-bond donors (Lipinski definition) is 2. The Labute approximate surface area is 53.9 Å². The summed E-state index contributed by atoms with van der Waals surface area (Å²) in [5, 5.41) is 6.33. The van der Waals surface area contributed by atoms with Gasteiger partial charge in [-0.1, -0.05) is 6.07 Å². The van der Waals surface area contributed by atoms with E-state index in [4.69, 9.17) is 0 Å². The van der Waals surface area contributed by atoms with Crippen LogP contribution in [0, 0.1) is 6.07 Å². The summed E-state index contributed by atoms with van der Waals surface area (Å²) in [4.78, 5) is 0. The smallest absolute Gasteiger partial charge is 0.0850 e. The van der Waals surface area contributed by atoms with E-state index in [0.29, 0.717) is 0 Å². The molecule has 0 amide bonds. The van der Waals surface area contributed by atoms with Crippen LogP contribution in [-0.4, -0.2) is 6.67 Å². The lowest BCUT2D eigenvalue weighted by Gasteiger charge is -1.92. The molecule has 1 aliphatic heterocycles. The summed E-state index contributed by atoms with van der Waals surface area (Å²) in [6.45, 7) is 0.840.